The summed E-state index contributed by atoms with van der Waals surface area (Å²) in [5.74, 6) is 0. The van der Waals surface area contributed by atoms with E-state index in [-0.39, 0.29) is 26.5 Å². The molecule has 1 aliphatic rings. The highest BCUT2D eigenvalue weighted by atomic mass is 32.2. The van der Waals surface area contributed by atoms with E-state index in [2.05, 4.69) is 15.0 Å². The molecule has 4 aromatic heterocycles. The van der Waals surface area contributed by atoms with Gasteiger partial charge in [-0.1, -0.05) is 91.0 Å². The SMILES string of the molecule is O=S(=O)(O)c1cc2[nH]c1c1nc(c(-c3ccccc3)c3cc(S(=O)(=O)O)c([nH]3)c(-c3ccccc3)c3ccc([nH]3)c2-c2ccccc2)C=C1. The molecule has 3 aromatic carbocycles. The van der Waals surface area contributed by atoms with Crippen LogP contribution in [-0.2, 0) is 20.2 Å². The van der Waals surface area contributed by atoms with Gasteiger partial charge in [0.2, 0.25) is 0 Å². The molecule has 0 fully saturated rings. The Morgan fingerprint density at radius 3 is 1.43 bits per heavy atom. The Balaban J connectivity index is 1.69. The second-order valence-corrected chi connectivity index (χ2v) is 14.3. The van der Waals surface area contributed by atoms with E-state index in [1.54, 1.807) is 24.3 Å². The zero-order valence-corrected chi connectivity index (χ0v) is 27.0. The summed E-state index contributed by atoms with van der Waals surface area (Å²) in [5.41, 5.74) is 6.25. The van der Waals surface area contributed by atoms with Gasteiger partial charge in [-0.2, -0.15) is 16.8 Å². The molecule has 0 radical (unpaired) electrons. The van der Waals surface area contributed by atoms with E-state index in [0.29, 0.717) is 55.6 Å². The van der Waals surface area contributed by atoms with Gasteiger partial charge in [0.05, 0.1) is 33.5 Å². The number of H-pyrrole nitrogens is 3. The van der Waals surface area contributed by atoms with Crippen LogP contribution in [0.1, 0.15) is 11.4 Å². The third kappa shape index (κ3) is 5.42. The second-order valence-electron chi connectivity index (χ2n) is 11.5. The third-order valence-corrected chi connectivity index (χ3v) is 10.2. The molecular weight excluding hydrogens is 661 g/mol. The third-order valence-electron chi connectivity index (χ3n) is 8.47. The van der Waals surface area contributed by atoms with Gasteiger partial charge < -0.3 is 15.0 Å². The molecule has 8 rings (SSSR count). The van der Waals surface area contributed by atoms with Crippen molar-refractivity contribution in [2.45, 2.75) is 9.79 Å². The first-order valence-corrected chi connectivity index (χ1v) is 18.0. The Kier molecular flexibility index (Phi) is 7.12. The van der Waals surface area contributed by atoms with Gasteiger partial charge in [-0.15, -0.1) is 0 Å². The van der Waals surface area contributed by atoms with Gasteiger partial charge in [-0.25, -0.2) is 4.98 Å². The van der Waals surface area contributed by atoms with Crippen LogP contribution >= 0.6 is 0 Å². The zero-order chi connectivity index (χ0) is 33.9. The molecule has 10 nitrogen and oxygen atoms in total. The first-order chi connectivity index (χ1) is 23.6. The highest BCUT2D eigenvalue weighted by Gasteiger charge is 2.24. The maximum Gasteiger partial charge on any atom is 0.296 e. The number of hydrogen-bond donors (Lipinski definition) is 5. The monoisotopic (exact) mass is 686 g/mol. The van der Waals surface area contributed by atoms with Crippen LogP contribution in [0.2, 0.25) is 0 Å². The van der Waals surface area contributed by atoms with Crippen molar-refractivity contribution in [1.82, 2.24) is 19.9 Å². The van der Waals surface area contributed by atoms with Crippen molar-refractivity contribution in [3.8, 4) is 33.4 Å². The summed E-state index contributed by atoms with van der Waals surface area (Å²) in [4.78, 5) is 14.1. The van der Waals surface area contributed by atoms with Gasteiger partial charge in [0.25, 0.3) is 20.2 Å². The molecule has 49 heavy (non-hydrogen) atoms. The van der Waals surface area contributed by atoms with Gasteiger partial charge in [-0.3, -0.25) is 9.11 Å². The van der Waals surface area contributed by atoms with Gasteiger partial charge >= 0.3 is 0 Å². The van der Waals surface area contributed by atoms with E-state index in [0.717, 1.165) is 5.56 Å². The molecule has 5 heterocycles. The fourth-order valence-electron chi connectivity index (χ4n) is 6.40. The topological polar surface area (TPSA) is 169 Å². The number of fused-ring (bicyclic) bond motifs is 9. The summed E-state index contributed by atoms with van der Waals surface area (Å²) in [6, 6.07) is 34.0. The standard InChI is InChI=1S/C37H26N4O6S2/c42-48(43,44)31-20-29-33(22-10-4-1-5-11-22)25-16-17-27(38-25)35(24-14-8-3-9-15-24)37-32(49(45,46)47)21-30(41-37)34(23-12-6-2-7-13-23)26-18-19-28(39-26)36(31)40-29/h1-21,38,40-41H,(H,42,43,44)(H,45,46,47). The van der Waals surface area contributed by atoms with Crippen LogP contribution in [0.4, 0.5) is 0 Å². The van der Waals surface area contributed by atoms with Crippen LogP contribution < -0.4 is 0 Å². The number of aromatic nitrogens is 4. The van der Waals surface area contributed by atoms with Crippen LogP contribution in [-0.4, -0.2) is 45.9 Å². The normalized spacial score (nSPS) is 12.5. The summed E-state index contributed by atoms with van der Waals surface area (Å²) in [6.07, 6.45) is 3.31. The van der Waals surface area contributed by atoms with E-state index < -0.39 is 20.2 Å². The summed E-state index contributed by atoms with van der Waals surface area (Å²) in [7, 11) is -9.49. The number of rotatable bonds is 5. The largest absolute Gasteiger partial charge is 0.354 e. The molecule has 0 unspecified atom stereocenters. The van der Waals surface area contributed by atoms with Crippen molar-refractivity contribution in [2.24, 2.45) is 0 Å². The summed E-state index contributed by atoms with van der Waals surface area (Å²) < 4.78 is 72.9. The number of hydrogen-bond acceptors (Lipinski definition) is 5. The Labute approximate surface area is 280 Å². The minimum atomic E-state index is -4.77. The number of aromatic amines is 3. The average Bonchev–Trinajstić information content (AvgIpc) is 3.90. The van der Waals surface area contributed by atoms with E-state index >= 15 is 0 Å². The smallest absolute Gasteiger partial charge is 0.296 e. The van der Waals surface area contributed by atoms with Gasteiger partial charge in [0.1, 0.15) is 9.79 Å². The van der Waals surface area contributed by atoms with E-state index in [9.17, 15) is 25.9 Å². The van der Waals surface area contributed by atoms with Crippen molar-refractivity contribution in [1.29, 1.82) is 0 Å². The zero-order valence-electron chi connectivity index (χ0n) is 25.4. The highest BCUT2D eigenvalue weighted by Crippen LogP contribution is 2.39. The molecule has 5 N–H and O–H groups in total. The Hall–Kier alpha value is -5.79. The van der Waals surface area contributed by atoms with Gasteiger partial charge in [-0.05, 0) is 53.1 Å². The Morgan fingerprint density at radius 2 is 0.878 bits per heavy atom. The summed E-state index contributed by atoms with van der Waals surface area (Å²) >= 11 is 0. The maximum atomic E-state index is 13.1. The number of benzene rings is 3. The first-order valence-electron chi connectivity index (χ1n) is 15.1. The average molecular weight is 687 g/mol. The van der Waals surface area contributed by atoms with E-state index in [1.165, 1.54) is 12.1 Å². The van der Waals surface area contributed by atoms with Crippen LogP contribution in [0.5, 0.6) is 0 Å². The fourth-order valence-corrected chi connectivity index (χ4v) is 7.76. The van der Waals surface area contributed by atoms with Crippen molar-refractivity contribution < 1.29 is 25.9 Å². The first kappa shape index (κ1) is 30.5. The lowest BCUT2D eigenvalue weighted by atomic mass is 10.0. The second kappa shape index (κ2) is 11.4. The summed E-state index contributed by atoms with van der Waals surface area (Å²) in [6.45, 7) is 0. The van der Waals surface area contributed by atoms with Crippen LogP contribution in [0.25, 0.3) is 78.6 Å². The molecule has 242 valence electrons. The molecule has 0 spiro atoms. The Bertz CT molecular complexity index is 2800. The van der Waals surface area contributed by atoms with E-state index in [4.69, 9.17) is 4.98 Å². The highest BCUT2D eigenvalue weighted by molar-refractivity contribution is 7.86. The number of nitrogens with zero attached hydrogens (tertiary/aromatic N) is 1. The molecule has 0 atom stereocenters. The minimum absolute atomic E-state index is 0.0774. The molecule has 12 heteroatoms. The quantitative estimate of drug-likeness (QED) is 0.114. The number of nitrogens with one attached hydrogen (secondary N) is 3. The molecule has 0 aliphatic carbocycles. The lowest BCUT2D eigenvalue weighted by Gasteiger charge is -2.05. The van der Waals surface area contributed by atoms with Crippen molar-refractivity contribution >= 4 is 65.5 Å². The van der Waals surface area contributed by atoms with Crippen molar-refractivity contribution in [3.05, 3.63) is 127 Å². The lowest BCUT2D eigenvalue weighted by molar-refractivity contribution is 0.482. The van der Waals surface area contributed by atoms with Crippen molar-refractivity contribution in [3.63, 3.8) is 0 Å². The molecule has 0 saturated heterocycles. The molecule has 1 aliphatic heterocycles. The molecule has 8 bridgehead atoms. The fraction of sp³-hybridized carbons (Fsp3) is 0. The maximum absolute atomic E-state index is 13.1. The van der Waals surface area contributed by atoms with Gasteiger partial charge in [0, 0.05) is 27.7 Å². The van der Waals surface area contributed by atoms with Crippen molar-refractivity contribution in [2.75, 3.05) is 0 Å². The minimum Gasteiger partial charge on any atom is -0.354 e. The Morgan fingerprint density at radius 1 is 0.449 bits per heavy atom. The lowest BCUT2D eigenvalue weighted by Crippen LogP contribution is -1.97. The van der Waals surface area contributed by atoms with E-state index in [1.807, 2.05) is 91.0 Å². The molecular formula is C37H26N4O6S2. The van der Waals surface area contributed by atoms with Crippen LogP contribution in [0.15, 0.2) is 125 Å². The molecule has 7 aromatic rings. The molecule has 0 amide bonds. The molecule has 0 saturated carbocycles. The van der Waals surface area contributed by atoms with Crippen LogP contribution in [0, 0.1) is 0 Å². The van der Waals surface area contributed by atoms with Crippen LogP contribution in [0.3, 0.4) is 0 Å². The predicted molar refractivity (Wildman–Crippen MR) is 191 cm³/mol. The predicted octanol–water partition coefficient (Wildman–Crippen LogP) is 8.19. The van der Waals surface area contributed by atoms with Gasteiger partial charge in [0.15, 0.2) is 0 Å². The summed E-state index contributed by atoms with van der Waals surface area (Å²) in [5, 5.41) is 0.